The van der Waals surface area contributed by atoms with Crippen LogP contribution in [0.25, 0.3) is 0 Å². The highest BCUT2D eigenvalue weighted by molar-refractivity contribution is 7.16. The fourth-order valence-electron chi connectivity index (χ4n) is 2.38. The van der Waals surface area contributed by atoms with Gasteiger partial charge in [-0.15, -0.1) is 11.3 Å². The monoisotopic (exact) mass is 351 g/mol. The first-order valence-corrected chi connectivity index (χ1v) is 8.64. The van der Waals surface area contributed by atoms with Gasteiger partial charge in [0, 0.05) is 12.7 Å². The van der Waals surface area contributed by atoms with Gasteiger partial charge < -0.3 is 11.1 Å². The predicted molar refractivity (Wildman–Crippen MR) is 98.9 cm³/mol. The first-order valence-electron chi connectivity index (χ1n) is 7.82. The van der Waals surface area contributed by atoms with E-state index >= 15 is 0 Å². The minimum atomic E-state index is -0.223. The van der Waals surface area contributed by atoms with E-state index in [4.69, 9.17) is 5.73 Å². The maximum absolute atomic E-state index is 12.5. The van der Waals surface area contributed by atoms with Crippen LogP contribution in [-0.4, -0.2) is 23.2 Å². The number of carbonyl (C=O) groups excluding carboxylic acids is 2. The van der Waals surface area contributed by atoms with Gasteiger partial charge in [0.25, 0.3) is 5.91 Å². The Labute approximate surface area is 149 Å². The minimum Gasteiger partial charge on any atom is -0.383 e. The molecule has 0 radical (unpaired) electrons. The highest BCUT2D eigenvalue weighted by Gasteiger charge is 2.17. The van der Waals surface area contributed by atoms with Crippen molar-refractivity contribution in [2.45, 2.75) is 6.42 Å². The van der Waals surface area contributed by atoms with Crippen molar-refractivity contribution >= 4 is 28.8 Å². The van der Waals surface area contributed by atoms with E-state index in [0.717, 1.165) is 23.3 Å². The number of carbonyl (C=O) groups is 2. The van der Waals surface area contributed by atoms with Gasteiger partial charge in [0.15, 0.2) is 0 Å². The predicted octanol–water partition coefficient (Wildman–Crippen LogP) is 2.93. The van der Waals surface area contributed by atoms with E-state index in [1.165, 1.54) is 6.20 Å². The number of thiophene rings is 1. The van der Waals surface area contributed by atoms with E-state index in [1.54, 1.807) is 24.3 Å². The summed E-state index contributed by atoms with van der Waals surface area (Å²) in [6, 6.07) is 16.5. The van der Waals surface area contributed by atoms with Gasteiger partial charge in [0.05, 0.1) is 15.3 Å². The van der Waals surface area contributed by atoms with Crippen LogP contribution in [0.1, 0.15) is 30.5 Å². The first-order chi connectivity index (χ1) is 12.1. The second-order valence-corrected chi connectivity index (χ2v) is 6.50. The van der Waals surface area contributed by atoms with Crippen molar-refractivity contribution in [1.82, 2.24) is 10.3 Å². The molecule has 3 N–H and O–H groups in total. The van der Waals surface area contributed by atoms with Crippen molar-refractivity contribution in [3.8, 4) is 0 Å². The average Bonchev–Trinajstić information content (AvgIpc) is 3.13. The molecule has 5 nitrogen and oxygen atoms in total. The SMILES string of the molecule is Nc1ncccc1C(=O)c1ccc(C(=O)NCCc2ccccc2)s1. The lowest BCUT2D eigenvalue weighted by atomic mass is 10.1. The van der Waals surface area contributed by atoms with Gasteiger partial charge in [0.1, 0.15) is 5.82 Å². The summed E-state index contributed by atoms with van der Waals surface area (Å²) in [5, 5.41) is 2.87. The Balaban J connectivity index is 1.62. The van der Waals surface area contributed by atoms with E-state index in [9.17, 15) is 9.59 Å². The van der Waals surface area contributed by atoms with Crippen LogP contribution >= 0.6 is 11.3 Å². The van der Waals surface area contributed by atoms with Crippen molar-refractivity contribution in [3.63, 3.8) is 0 Å². The Morgan fingerprint density at radius 1 is 1.00 bits per heavy atom. The number of nitrogens with one attached hydrogen (secondary N) is 1. The van der Waals surface area contributed by atoms with Crippen LogP contribution in [0.3, 0.4) is 0 Å². The summed E-state index contributed by atoms with van der Waals surface area (Å²) in [4.78, 5) is 29.6. The van der Waals surface area contributed by atoms with Crippen molar-refractivity contribution in [3.05, 3.63) is 81.7 Å². The lowest BCUT2D eigenvalue weighted by Crippen LogP contribution is -2.24. The Kier molecular flexibility index (Phi) is 5.20. The zero-order valence-electron chi connectivity index (χ0n) is 13.4. The molecule has 1 aromatic carbocycles. The van der Waals surface area contributed by atoms with Crippen molar-refractivity contribution in [1.29, 1.82) is 0 Å². The molecule has 0 unspecified atom stereocenters. The standard InChI is InChI=1S/C19H17N3O2S/c20-18-14(7-4-11-21-18)17(23)15-8-9-16(25-15)19(24)22-12-10-13-5-2-1-3-6-13/h1-9,11H,10,12H2,(H2,20,21)(H,22,24). The number of benzene rings is 1. The van der Waals surface area contributed by atoms with E-state index in [2.05, 4.69) is 10.3 Å². The zero-order chi connectivity index (χ0) is 17.6. The maximum atomic E-state index is 12.5. The highest BCUT2D eigenvalue weighted by atomic mass is 32.1. The average molecular weight is 351 g/mol. The summed E-state index contributed by atoms with van der Waals surface area (Å²) in [6.07, 6.45) is 2.29. The largest absolute Gasteiger partial charge is 0.383 e. The van der Waals surface area contributed by atoms with Gasteiger partial charge in [-0.25, -0.2) is 4.98 Å². The number of nitrogens with zero attached hydrogens (tertiary/aromatic N) is 1. The fourth-order valence-corrected chi connectivity index (χ4v) is 3.25. The van der Waals surface area contributed by atoms with Crippen LogP contribution in [0.2, 0.25) is 0 Å². The number of hydrogen-bond acceptors (Lipinski definition) is 5. The molecule has 2 aromatic heterocycles. The molecule has 1 amide bonds. The number of rotatable bonds is 6. The number of nitrogen functional groups attached to an aromatic ring is 1. The lowest BCUT2D eigenvalue weighted by molar-refractivity contribution is 0.0957. The van der Waals surface area contributed by atoms with E-state index in [1.807, 2.05) is 30.3 Å². The topological polar surface area (TPSA) is 85.1 Å². The molecule has 3 aromatic rings. The number of nitrogens with two attached hydrogens (primary N) is 1. The molecule has 6 heteroatoms. The van der Waals surface area contributed by atoms with Crippen LogP contribution in [0.5, 0.6) is 0 Å². The number of anilines is 1. The van der Waals surface area contributed by atoms with E-state index in [0.29, 0.717) is 21.9 Å². The first kappa shape index (κ1) is 16.9. The number of pyridine rings is 1. The molecular weight excluding hydrogens is 334 g/mol. The van der Waals surface area contributed by atoms with Crippen LogP contribution in [0.15, 0.2) is 60.8 Å². The molecule has 3 rings (SSSR count). The second kappa shape index (κ2) is 7.72. The molecule has 0 bridgehead atoms. The Bertz CT molecular complexity index is 890. The van der Waals surface area contributed by atoms with Gasteiger partial charge in [-0.2, -0.15) is 0 Å². The summed E-state index contributed by atoms with van der Waals surface area (Å²) in [5.74, 6) is -0.215. The minimum absolute atomic E-state index is 0.181. The second-order valence-electron chi connectivity index (χ2n) is 5.42. The maximum Gasteiger partial charge on any atom is 0.261 e. The van der Waals surface area contributed by atoms with E-state index < -0.39 is 0 Å². The number of hydrogen-bond donors (Lipinski definition) is 2. The van der Waals surface area contributed by atoms with Crippen LogP contribution < -0.4 is 11.1 Å². The number of ketones is 1. The number of aromatic nitrogens is 1. The lowest BCUT2D eigenvalue weighted by Gasteiger charge is -2.04. The molecule has 0 aliphatic heterocycles. The molecule has 0 saturated carbocycles. The molecule has 0 saturated heterocycles. The van der Waals surface area contributed by atoms with Gasteiger partial charge in [-0.1, -0.05) is 30.3 Å². The number of amides is 1. The third-order valence-electron chi connectivity index (χ3n) is 3.68. The summed E-state index contributed by atoms with van der Waals surface area (Å²) in [7, 11) is 0. The summed E-state index contributed by atoms with van der Waals surface area (Å²) >= 11 is 1.15. The highest BCUT2D eigenvalue weighted by Crippen LogP contribution is 2.22. The van der Waals surface area contributed by atoms with Crippen molar-refractivity contribution < 1.29 is 9.59 Å². The summed E-state index contributed by atoms with van der Waals surface area (Å²) in [5.41, 5.74) is 7.25. The molecule has 2 heterocycles. The van der Waals surface area contributed by atoms with E-state index in [-0.39, 0.29) is 17.5 Å². The third-order valence-corrected chi connectivity index (χ3v) is 4.76. The molecule has 0 fully saturated rings. The quantitative estimate of drug-likeness (QED) is 0.669. The Morgan fingerprint density at radius 2 is 1.76 bits per heavy atom. The smallest absolute Gasteiger partial charge is 0.261 e. The van der Waals surface area contributed by atoms with Gasteiger partial charge in [0.2, 0.25) is 5.78 Å². The van der Waals surface area contributed by atoms with Crippen LogP contribution in [0.4, 0.5) is 5.82 Å². The zero-order valence-corrected chi connectivity index (χ0v) is 14.3. The van der Waals surface area contributed by atoms with Gasteiger partial charge in [-0.3, -0.25) is 9.59 Å². The van der Waals surface area contributed by atoms with Crippen LogP contribution in [-0.2, 0) is 6.42 Å². The molecule has 126 valence electrons. The molecule has 0 atom stereocenters. The third kappa shape index (κ3) is 4.10. The molecule has 0 aliphatic carbocycles. The Hall–Kier alpha value is -2.99. The normalized spacial score (nSPS) is 10.4. The fraction of sp³-hybridized carbons (Fsp3) is 0.105. The molecular formula is C19H17N3O2S. The molecule has 25 heavy (non-hydrogen) atoms. The summed E-state index contributed by atoms with van der Waals surface area (Å²) < 4.78 is 0. The van der Waals surface area contributed by atoms with Gasteiger partial charge in [-0.05, 0) is 36.2 Å². The van der Waals surface area contributed by atoms with Gasteiger partial charge >= 0.3 is 0 Å². The molecule has 0 spiro atoms. The van der Waals surface area contributed by atoms with Crippen molar-refractivity contribution in [2.24, 2.45) is 0 Å². The molecule has 0 aliphatic rings. The Morgan fingerprint density at radius 3 is 2.52 bits per heavy atom. The summed E-state index contributed by atoms with van der Waals surface area (Å²) in [6.45, 7) is 0.541. The van der Waals surface area contributed by atoms with Crippen molar-refractivity contribution in [2.75, 3.05) is 12.3 Å². The van der Waals surface area contributed by atoms with Crippen LogP contribution in [0, 0.1) is 0 Å².